The van der Waals surface area contributed by atoms with E-state index in [0.717, 1.165) is 26.1 Å². The Hall–Kier alpha value is -0.590. The van der Waals surface area contributed by atoms with Gasteiger partial charge < -0.3 is 10.0 Å². The molecule has 0 aliphatic carbocycles. The zero-order valence-corrected chi connectivity index (χ0v) is 8.08. The van der Waals surface area contributed by atoms with Crippen LogP contribution in [0.15, 0.2) is 0 Å². The lowest BCUT2D eigenvalue weighted by molar-refractivity contribution is 0.150. The second-order valence-corrected chi connectivity index (χ2v) is 3.73. The number of nitriles is 1. The number of hydrogen-bond acceptors (Lipinski definition) is 3. The molecule has 1 atom stereocenters. The summed E-state index contributed by atoms with van der Waals surface area (Å²) < 4.78 is 0. The molecule has 0 aromatic heterocycles. The molecule has 0 radical (unpaired) electrons. The predicted molar refractivity (Wildman–Crippen MR) is 51.1 cm³/mol. The van der Waals surface area contributed by atoms with Crippen LogP contribution in [0.25, 0.3) is 0 Å². The van der Waals surface area contributed by atoms with Gasteiger partial charge in [0.1, 0.15) is 0 Å². The highest BCUT2D eigenvalue weighted by atomic mass is 16.3. The first-order valence-corrected chi connectivity index (χ1v) is 5.07. The maximum Gasteiger partial charge on any atom is 0.0635 e. The average molecular weight is 182 g/mol. The highest BCUT2D eigenvalue weighted by Gasteiger charge is 2.18. The third-order valence-corrected chi connectivity index (χ3v) is 2.68. The van der Waals surface area contributed by atoms with Crippen molar-refractivity contribution in [2.45, 2.75) is 25.7 Å². The molecular weight excluding hydrogens is 164 g/mol. The van der Waals surface area contributed by atoms with Crippen molar-refractivity contribution in [2.75, 3.05) is 26.2 Å². The number of piperidine rings is 1. The molecule has 0 aromatic carbocycles. The van der Waals surface area contributed by atoms with E-state index in [-0.39, 0.29) is 0 Å². The summed E-state index contributed by atoms with van der Waals surface area (Å²) in [6, 6.07) is 2.17. The fourth-order valence-corrected chi connectivity index (χ4v) is 1.98. The summed E-state index contributed by atoms with van der Waals surface area (Å²) in [5.74, 6) is 0.650. The van der Waals surface area contributed by atoms with E-state index in [4.69, 9.17) is 10.4 Å². The van der Waals surface area contributed by atoms with Gasteiger partial charge in [0.2, 0.25) is 0 Å². The van der Waals surface area contributed by atoms with Crippen LogP contribution in [-0.4, -0.2) is 36.2 Å². The SMILES string of the molecule is N#CCCN1CCCC(CCO)C1. The molecule has 0 aromatic rings. The summed E-state index contributed by atoms with van der Waals surface area (Å²) in [5, 5.41) is 17.3. The average Bonchev–Trinajstić information content (AvgIpc) is 2.16. The first-order valence-electron chi connectivity index (χ1n) is 5.07. The number of aliphatic hydroxyl groups excluding tert-OH is 1. The second-order valence-electron chi connectivity index (χ2n) is 3.73. The third-order valence-electron chi connectivity index (χ3n) is 2.68. The van der Waals surface area contributed by atoms with Crippen molar-refractivity contribution in [1.29, 1.82) is 5.26 Å². The smallest absolute Gasteiger partial charge is 0.0635 e. The molecule has 74 valence electrons. The Morgan fingerprint density at radius 1 is 1.54 bits per heavy atom. The van der Waals surface area contributed by atoms with E-state index in [2.05, 4.69) is 11.0 Å². The van der Waals surface area contributed by atoms with Crippen LogP contribution in [0.3, 0.4) is 0 Å². The van der Waals surface area contributed by atoms with Crippen LogP contribution in [0.2, 0.25) is 0 Å². The number of nitrogens with zero attached hydrogens (tertiary/aromatic N) is 2. The van der Waals surface area contributed by atoms with Gasteiger partial charge in [-0.15, -0.1) is 0 Å². The van der Waals surface area contributed by atoms with Gasteiger partial charge in [0.05, 0.1) is 6.07 Å². The van der Waals surface area contributed by atoms with E-state index in [9.17, 15) is 0 Å². The summed E-state index contributed by atoms with van der Waals surface area (Å²) in [7, 11) is 0. The second kappa shape index (κ2) is 5.95. The molecule has 3 heteroatoms. The minimum Gasteiger partial charge on any atom is -0.396 e. The largest absolute Gasteiger partial charge is 0.396 e. The van der Waals surface area contributed by atoms with Crippen molar-refractivity contribution in [3.63, 3.8) is 0 Å². The van der Waals surface area contributed by atoms with Gasteiger partial charge in [-0.3, -0.25) is 0 Å². The molecule has 1 heterocycles. The molecule has 0 saturated carbocycles. The van der Waals surface area contributed by atoms with E-state index < -0.39 is 0 Å². The maximum atomic E-state index is 8.81. The van der Waals surface area contributed by atoms with Gasteiger partial charge in [-0.1, -0.05) is 0 Å². The minimum atomic E-state index is 0.302. The van der Waals surface area contributed by atoms with Crippen molar-refractivity contribution >= 4 is 0 Å². The van der Waals surface area contributed by atoms with E-state index in [0.29, 0.717) is 18.9 Å². The molecule has 0 bridgehead atoms. The quantitative estimate of drug-likeness (QED) is 0.705. The monoisotopic (exact) mass is 182 g/mol. The Kier molecular flexibility index (Phi) is 4.81. The molecule has 1 fully saturated rings. The van der Waals surface area contributed by atoms with Crippen LogP contribution in [0.5, 0.6) is 0 Å². The van der Waals surface area contributed by atoms with Gasteiger partial charge in [0, 0.05) is 26.1 Å². The summed E-state index contributed by atoms with van der Waals surface area (Å²) in [4.78, 5) is 2.34. The van der Waals surface area contributed by atoms with Crippen molar-refractivity contribution in [3.05, 3.63) is 0 Å². The van der Waals surface area contributed by atoms with Crippen LogP contribution >= 0.6 is 0 Å². The van der Waals surface area contributed by atoms with Gasteiger partial charge in [-0.05, 0) is 31.7 Å². The van der Waals surface area contributed by atoms with Crippen LogP contribution in [0.4, 0.5) is 0 Å². The summed E-state index contributed by atoms with van der Waals surface area (Å²) in [6.45, 7) is 3.40. The number of hydrogen-bond donors (Lipinski definition) is 1. The first kappa shape index (κ1) is 10.5. The first-order chi connectivity index (χ1) is 6.36. The van der Waals surface area contributed by atoms with Crippen molar-refractivity contribution in [2.24, 2.45) is 5.92 Å². The minimum absolute atomic E-state index is 0.302. The van der Waals surface area contributed by atoms with E-state index in [1.54, 1.807) is 0 Å². The molecule has 1 aliphatic heterocycles. The maximum absolute atomic E-state index is 8.81. The van der Waals surface area contributed by atoms with Gasteiger partial charge in [0.15, 0.2) is 0 Å². The number of likely N-dealkylation sites (tertiary alicyclic amines) is 1. The molecule has 1 saturated heterocycles. The van der Waals surface area contributed by atoms with Gasteiger partial charge in [0.25, 0.3) is 0 Å². The summed E-state index contributed by atoms with van der Waals surface area (Å²) >= 11 is 0. The number of aliphatic hydroxyl groups is 1. The van der Waals surface area contributed by atoms with Crippen LogP contribution < -0.4 is 0 Å². The molecule has 1 aliphatic rings. The molecule has 1 N–H and O–H groups in total. The van der Waals surface area contributed by atoms with E-state index in [1.165, 1.54) is 12.8 Å². The lowest BCUT2D eigenvalue weighted by Gasteiger charge is -2.31. The van der Waals surface area contributed by atoms with Crippen LogP contribution in [-0.2, 0) is 0 Å². The van der Waals surface area contributed by atoms with Crippen LogP contribution in [0, 0.1) is 17.2 Å². The Morgan fingerprint density at radius 3 is 3.08 bits per heavy atom. The van der Waals surface area contributed by atoms with Crippen molar-refractivity contribution < 1.29 is 5.11 Å². The molecule has 1 unspecified atom stereocenters. The Bertz CT molecular complexity index is 174. The third kappa shape index (κ3) is 3.75. The Balaban J connectivity index is 2.21. The lowest BCUT2D eigenvalue weighted by atomic mass is 9.95. The Labute approximate surface area is 80.0 Å². The molecular formula is C10H18N2O. The molecule has 1 rings (SSSR count). The standard InChI is InChI=1S/C10H18N2O/c11-5-2-7-12-6-1-3-10(9-12)4-8-13/h10,13H,1-4,6-9H2. The molecule has 0 amide bonds. The topological polar surface area (TPSA) is 47.3 Å². The highest BCUT2D eigenvalue weighted by molar-refractivity contribution is 4.77. The van der Waals surface area contributed by atoms with Crippen LogP contribution in [0.1, 0.15) is 25.7 Å². The summed E-state index contributed by atoms with van der Waals surface area (Å²) in [5.41, 5.74) is 0. The van der Waals surface area contributed by atoms with Gasteiger partial charge in [-0.2, -0.15) is 5.26 Å². The van der Waals surface area contributed by atoms with E-state index >= 15 is 0 Å². The van der Waals surface area contributed by atoms with Gasteiger partial charge in [-0.25, -0.2) is 0 Å². The zero-order valence-electron chi connectivity index (χ0n) is 8.08. The summed E-state index contributed by atoms with van der Waals surface area (Å²) in [6.07, 6.45) is 4.01. The molecule has 13 heavy (non-hydrogen) atoms. The lowest BCUT2D eigenvalue weighted by Crippen LogP contribution is -2.36. The highest BCUT2D eigenvalue weighted by Crippen LogP contribution is 2.18. The predicted octanol–water partition coefficient (Wildman–Crippen LogP) is 0.994. The van der Waals surface area contributed by atoms with Crippen molar-refractivity contribution in [1.82, 2.24) is 4.90 Å². The molecule has 0 spiro atoms. The van der Waals surface area contributed by atoms with Gasteiger partial charge >= 0.3 is 0 Å². The normalized spacial score (nSPS) is 24.2. The zero-order chi connectivity index (χ0) is 9.52. The fraction of sp³-hybridized carbons (Fsp3) is 0.900. The molecule has 3 nitrogen and oxygen atoms in total. The van der Waals surface area contributed by atoms with E-state index in [1.807, 2.05) is 0 Å². The fourth-order valence-electron chi connectivity index (χ4n) is 1.98. The Morgan fingerprint density at radius 2 is 2.38 bits per heavy atom. The van der Waals surface area contributed by atoms with Crippen molar-refractivity contribution in [3.8, 4) is 6.07 Å². The number of rotatable bonds is 4.